The summed E-state index contributed by atoms with van der Waals surface area (Å²) >= 11 is 0. The molecule has 1 aliphatic rings. The normalized spacial score (nSPS) is 19.2. The zero-order valence-corrected chi connectivity index (χ0v) is 18.5. The molecule has 0 saturated carbocycles. The van der Waals surface area contributed by atoms with Crippen molar-refractivity contribution < 1.29 is 13.2 Å². The lowest BCUT2D eigenvalue weighted by atomic mass is 10.1. The summed E-state index contributed by atoms with van der Waals surface area (Å²) in [6, 6.07) is 7.44. The van der Waals surface area contributed by atoms with Gasteiger partial charge in [-0.2, -0.15) is 0 Å². The number of nitrogens with one attached hydrogen (secondary N) is 2. The van der Waals surface area contributed by atoms with Crippen LogP contribution in [0, 0.1) is 0 Å². The lowest BCUT2D eigenvalue weighted by Crippen LogP contribution is -2.57. The van der Waals surface area contributed by atoms with Crippen molar-refractivity contribution in [1.29, 1.82) is 0 Å². The number of hydrogen-bond acceptors (Lipinski definition) is 4. The number of aliphatic imine (C=N–C) groups is 1. The van der Waals surface area contributed by atoms with Crippen molar-refractivity contribution in [2.75, 3.05) is 25.9 Å². The lowest BCUT2D eigenvalue weighted by Gasteiger charge is -2.39. The van der Waals surface area contributed by atoms with Crippen LogP contribution in [0.3, 0.4) is 0 Å². The molecule has 1 aliphatic heterocycles. The predicted molar refractivity (Wildman–Crippen MR) is 113 cm³/mol. The van der Waals surface area contributed by atoms with Crippen LogP contribution in [0.2, 0.25) is 0 Å². The fourth-order valence-electron chi connectivity index (χ4n) is 3.07. The van der Waals surface area contributed by atoms with Crippen LogP contribution in [-0.2, 0) is 16.4 Å². The summed E-state index contributed by atoms with van der Waals surface area (Å²) in [7, 11) is -1.42. The summed E-state index contributed by atoms with van der Waals surface area (Å²) in [5.41, 5.74) is 1.26. The number of rotatable bonds is 3. The minimum absolute atomic E-state index is 0.110. The number of nitrogens with zero attached hydrogens (tertiary/aromatic N) is 2. The fourth-order valence-corrected chi connectivity index (χ4v) is 4.44. The molecular weight excluding hydrogens is 376 g/mol. The molecule has 0 atom stereocenters. The fraction of sp³-hybridized carbons (Fsp3) is 0.600. The summed E-state index contributed by atoms with van der Waals surface area (Å²) < 4.78 is 23.6. The van der Waals surface area contributed by atoms with E-state index in [0.717, 1.165) is 5.56 Å². The lowest BCUT2D eigenvalue weighted by molar-refractivity contribution is 0.0919. The van der Waals surface area contributed by atoms with Gasteiger partial charge in [-0.15, -0.1) is 0 Å². The highest BCUT2D eigenvalue weighted by Crippen LogP contribution is 2.23. The molecule has 1 fully saturated rings. The summed E-state index contributed by atoms with van der Waals surface area (Å²) in [5, 5.41) is 6.24. The van der Waals surface area contributed by atoms with Gasteiger partial charge in [0, 0.05) is 37.8 Å². The Hall–Kier alpha value is -2.09. The molecule has 1 amide bonds. The molecule has 8 heteroatoms. The minimum Gasteiger partial charge on any atom is -0.352 e. The number of carbonyl (C=O) groups excluding carboxylic acids is 1. The molecule has 28 heavy (non-hydrogen) atoms. The summed E-state index contributed by atoms with van der Waals surface area (Å²) in [6.07, 6.45) is 0. The first kappa shape index (κ1) is 22.2. The Morgan fingerprint density at radius 1 is 1.29 bits per heavy atom. The Morgan fingerprint density at radius 2 is 1.96 bits per heavy atom. The number of carbonyl (C=O) groups is 1. The molecule has 1 aromatic carbocycles. The second-order valence-corrected chi connectivity index (χ2v) is 11.5. The van der Waals surface area contributed by atoms with E-state index in [1.165, 1.54) is 0 Å². The van der Waals surface area contributed by atoms with Crippen LogP contribution < -0.4 is 10.6 Å². The molecule has 1 aromatic rings. The van der Waals surface area contributed by atoms with Gasteiger partial charge in [-0.25, -0.2) is 8.42 Å². The maximum atomic E-state index is 12.4. The Labute approximate surface area is 168 Å². The molecule has 0 aliphatic carbocycles. The molecule has 2 rings (SSSR count). The zero-order chi connectivity index (χ0) is 21.2. The molecule has 2 N–H and O–H groups in total. The van der Waals surface area contributed by atoms with E-state index in [-0.39, 0.29) is 17.2 Å². The smallest absolute Gasteiger partial charge is 0.251 e. The molecule has 0 unspecified atom stereocenters. The highest BCUT2D eigenvalue weighted by molar-refractivity contribution is 7.92. The van der Waals surface area contributed by atoms with Gasteiger partial charge in [-0.05, 0) is 52.3 Å². The van der Waals surface area contributed by atoms with Gasteiger partial charge in [0.25, 0.3) is 5.91 Å². The number of amides is 1. The van der Waals surface area contributed by atoms with Crippen LogP contribution in [0.1, 0.15) is 50.5 Å². The topological polar surface area (TPSA) is 90.9 Å². The summed E-state index contributed by atoms with van der Waals surface area (Å²) in [6.45, 7) is 10.6. The van der Waals surface area contributed by atoms with E-state index >= 15 is 0 Å². The molecule has 0 spiro atoms. The van der Waals surface area contributed by atoms with E-state index in [4.69, 9.17) is 0 Å². The van der Waals surface area contributed by atoms with Gasteiger partial charge in [-0.1, -0.05) is 12.1 Å². The quantitative estimate of drug-likeness (QED) is 0.588. The largest absolute Gasteiger partial charge is 0.352 e. The zero-order valence-electron chi connectivity index (χ0n) is 17.7. The minimum atomic E-state index is -3.10. The van der Waals surface area contributed by atoms with Gasteiger partial charge < -0.3 is 15.5 Å². The third-order valence-corrected chi connectivity index (χ3v) is 7.22. The Balaban J connectivity index is 2.05. The molecule has 0 bridgehead atoms. The molecule has 156 valence electrons. The third-order valence-electron chi connectivity index (χ3n) is 4.68. The van der Waals surface area contributed by atoms with E-state index in [9.17, 15) is 13.2 Å². The molecular formula is C20H32N4O3S. The van der Waals surface area contributed by atoms with Crippen molar-refractivity contribution in [2.45, 2.75) is 51.4 Å². The van der Waals surface area contributed by atoms with E-state index in [0.29, 0.717) is 31.2 Å². The van der Waals surface area contributed by atoms with E-state index in [1.807, 2.05) is 43.9 Å². The first-order valence-electron chi connectivity index (χ1n) is 9.44. The molecule has 7 nitrogen and oxygen atoms in total. The van der Waals surface area contributed by atoms with Crippen molar-refractivity contribution in [3.05, 3.63) is 35.4 Å². The second-order valence-electron chi connectivity index (χ2n) is 8.81. The van der Waals surface area contributed by atoms with Crippen molar-refractivity contribution >= 4 is 21.7 Å². The van der Waals surface area contributed by atoms with Gasteiger partial charge in [-0.3, -0.25) is 9.79 Å². The third kappa shape index (κ3) is 5.47. The van der Waals surface area contributed by atoms with Crippen LogP contribution in [-0.4, -0.2) is 61.4 Å². The Kier molecular flexibility index (Phi) is 6.43. The molecule has 0 radical (unpaired) electrons. The summed E-state index contributed by atoms with van der Waals surface area (Å²) in [5.74, 6) is 0.664. The number of benzene rings is 1. The van der Waals surface area contributed by atoms with Crippen LogP contribution in [0.5, 0.6) is 0 Å². The monoisotopic (exact) mass is 408 g/mol. The molecule has 0 aromatic heterocycles. The highest BCUT2D eigenvalue weighted by Gasteiger charge is 2.40. The predicted octanol–water partition coefficient (Wildman–Crippen LogP) is 1.80. The van der Waals surface area contributed by atoms with Crippen molar-refractivity contribution in [3.63, 3.8) is 0 Å². The first-order valence-corrected chi connectivity index (χ1v) is 11.1. The summed E-state index contributed by atoms with van der Waals surface area (Å²) in [4.78, 5) is 18.6. The average molecular weight is 409 g/mol. The molecule has 1 saturated heterocycles. The maximum absolute atomic E-state index is 12.4. The van der Waals surface area contributed by atoms with Gasteiger partial charge in [0.15, 0.2) is 15.8 Å². The van der Waals surface area contributed by atoms with Crippen molar-refractivity contribution in [1.82, 2.24) is 15.5 Å². The van der Waals surface area contributed by atoms with E-state index in [2.05, 4.69) is 15.6 Å². The van der Waals surface area contributed by atoms with Crippen LogP contribution in [0.25, 0.3) is 0 Å². The van der Waals surface area contributed by atoms with E-state index in [1.54, 1.807) is 27.0 Å². The Bertz CT molecular complexity index is 854. The average Bonchev–Trinajstić information content (AvgIpc) is 2.57. The number of sulfone groups is 1. The first-order chi connectivity index (χ1) is 12.8. The number of hydrogen-bond donors (Lipinski definition) is 2. The van der Waals surface area contributed by atoms with Gasteiger partial charge in [0.2, 0.25) is 0 Å². The van der Waals surface area contributed by atoms with Gasteiger partial charge in [0.1, 0.15) is 0 Å². The number of guanidine groups is 1. The van der Waals surface area contributed by atoms with Crippen LogP contribution >= 0.6 is 0 Å². The SMILES string of the molecule is CN=C(NCc1cccc(C(=O)NC(C)(C)C)c1)N1CCS(=O)(=O)C(C)(C)C1. The van der Waals surface area contributed by atoms with Crippen LogP contribution in [0.4, 0.5) is 0 Å². The maximum Gasteiger partial charge on any atom is 0.251 e. The van der Waals surface area contributed by atoms with Gasteiger partial charge >= 0.3 is 0 Å². The van der Waals surface area contributed by atoms with Crippen molar-refractivity contribution in [3.8, 4) is 0 Å². The second kappa shape index (κ2) is 8.11. The standard InChI is InChI=1S/C20H32N4O3S/c1-19(2,3)23-17(25)16-9-7-8-15(12-16)13-22-18(21-6)24-10-11-28(26,27)20(4,5)14-24/h7-9,12H,10-11,13-14H2,1-6H3,(H,21,22)(H,23,25). The Morgan fingerprint density at radius 3 is 2.54 bits per heavy atom. The van der Waals surface area contributed by atoms with E-state index < -0.39 is 14.6 Å². The molecule has 1 heterocycles. The van der Waals surface area contributed by atoms with Gasteiger partial charge in [0.05, 0.1) is 10.5 Å². The van der Waals surface area contributed by atoms with Crippen LogP contribution in [0.15, 0.2) is 29.3 Å². The highest BCUT2D eigenvalue weighted by atomic mass is 32.2. The van der Waals surface area contributed by atoms with Crippen molar-refractivity contribution in [2.24, 2.45) is 4.99 Å².